The van der Waals surface area contributed by atoms with Gasteiger partial charge in [0.2, 0.25) is 5.91 Å². The van der Waals surface area contributed by atoms with Crippen molar-refractivity contribution in [2.24, 2.45) is 11.8 Å². The van der Waals surface area contributed by atoms with Gasteiger partial charge in [-0.3, -0.25) is 9.59 Å². The molecule has 0 saturated carbocycles. The van der Waals surface area contributed by atoms with Gasteiger partial charge in [-0.1, -0.05) is 39.8 Å². The number of nitrogens with zero attached hydrogens (tertiary/aromatic N) is 2. The molecular weight excluding hydrogens is 392 g/mol. The van der Waals surface area contributed by atoms with Crippen LogP contribution >= 0.6 is 0 Å². The second-order valence-electron chi connectivity index (χ2n) is 9.75. The van der Waals surface area contributed by atoms with Crippen LogP contribution in [0.3, 0.4) is 0 Å². The minimum absolute atomic E-state index is 0.0465. The number of aromatic hydroxyl groups is 1. The van der Waals surface area contributed by atoms with E-state index in [0.717, 1.165) is 45.6 Å². The quantitative estimate of drug-likeness (QED) is 0.550. The monoisotopic (exact) mass is 432 g/mol. The molecule has 1 aliphatic heterocycles. The number of phenols is 1. The van der Waals surface area contributed by atoms with Gasteiger partial charge in [-0.25, -0.2) is 0 Å². The van der Waals surface area contributed by atoms with Gasteiger partial charge >= 0.3 is 5.97 Å². The van der Waals surface area contributed by atoms with Crippen molar-refractivity contribution in [3.63, 3.8) is 0 Å². The van der Waals surface area contributed by atoms with Crippen LogP contribution in [0.15, 0.2) is 24.3 Å². The molecule has 1 amide bonds. The fraction of sp³-hybridized carbons (Fsp3) is 0.680. The molecule has 6 nitrogen and oxygen atoms in total. The summed E-state index contributed by atoms with van der Waals surface area (Å²) in [6.45, 7) is 13.2. The lowest BCUT2D eigenvalue weighted by Crippen LogP contribution is -2.48. The topological polar surface area (TPSA) is 81.1 Å². The van der Waals surface area contributed by atoms with Crippen LogP contribution in [0.1, 0.15) is 65.4 Å². The third-order valence-corrected chi connectivity index (χ3v) is 6.69. The number of phenolic OH excluding ortho intramolecular Hbond substituents is 1. The van der Waals surface area contributed by atoms with Gasteiger partial charge in [0.05, 0.1) is 0 Å². The van der Waals surface area contributed by atoms with Crippen LogP contribution in [0.4, 0.5) is 0 Å². The Kier molecular flexibility index (Phi) is 9.35. The van der Waals surface area contributed by atoms with E-state index in [2.05, 4.69) is 38.7 Å². The number of amides is 1. The Hall–Kier alpha value is -2.08. The molecule has 2 rings (SSSR count). The number of carboxylic acids is 1. The molecule has 174 valence electrons. The zero-order valence-corrected chi connectivity index (χ0v) is 19.6. The minimum Gasteiger partial charge on any atom is -0.508 e. The lowest BCUT2D eigenvalue weighted by Gasteiger charge is -2.45. The van der Waals surface area contributed by atoms with Gasteiger partial charge in [-0.15, -0.1) is 0 Å². The maximum atomic E-state index is 12.6. The van der Waals surface area contributed by atoms with Crippen molar-refractivity contribution in [3.05, 3.63) is 29.8 Å². The Labute approximate surface area is 187 Å². The predicted octanol–water partition coefficient (Wildman–Crippen LogP) is 4.12. The summed E-state index contributed by atoms with van der Waals surface area (Å²) in [5, 5.41) is 18.7. The third kappa shape index (κ3) is 7.53. The second-order valence-corrected chi connectivity index (χ2v) is 9.75. The summed E-state index contributed by atoms with van der Waals surface area (Å²) in [6.07, 6.45) is 2.72. The Bertz CT molecular complexity index is 736. The van der Waals surface area contributed by atoms with Crippen LogP contribution in [0.25, 0.3) is 0 Å². The van der Waals surface area contributed by atoms with Crippen LogP contribution in [0, 0.1) is 11.8 Å². The van der Waals surface area contributed by atoms with Crippen molar-refractivity contribution in [1.82, 2.24) is 9.80 Å². The summed E-state index contributed by atoms with van der Waals surface area (Å²) >= 11 is 0. The zero-order chi connectivity index (χ0) is 23.0. The molecule has 6 heteroatoms. The Morgan fingerprint density at radius 3 is 2.61 bits per heavy atom. The number of rotatable bonds is 11. The fourth-order valence-electron chi connectivity index (χ4n) is 4.60. The standard InChI is InChI=1S/C25H40N2O4/c1-19(2)17-27(23(29)10-6-11-24(30)31)14-7-13-26-15-12-25(4,20(3)18-26)21-8-5-9-22(28)16-21/h5,8-9,16,19-20,28H,6-7,10-15,17-18H2,1-4H3,(H,30,31)/t20-,25-/m0/s1. The maximum Gasteiger partial charge on any atom is 0.303 e. The summed E-state index contributed by atoms with van der Waals surface area (Å²) in [5.74, 6) is 0.402. The van der Waals surface area contributed by atoms with E-state index in [0.29, 0.717) is 30.4 Å². The van der Waals surface area contributed by atoms with Gasteiger partial charge < -0.3 is 20.0 Å². The van der Waals surface area contributed by atoms with Crippen molar-refractivity contribution in [2.45, 2.75) is 65.2 Å². The van der Waals surface area contributed by atoms with Crippen LogP contribution in [0.2, 0.25) is 0 Å². The van der Waals surface area contributed by atoms with Gasteiger partial charge in [0.1, 0.15) is 5.75 Å². The van der Waals surface area contributed by atoms with E-state index in [1.807, 2.05) is 17.0 Å². The first-order valence-corrected chi connectivity index (χ1v) is 11.6. The highest BCUT2D eigenvalue weighted by Gasteiger charge is 2.37. The van der Waals surface area contributed by atoms with Crippen molar-refractivity contribution >= 4 is 11.9 Å². The summed E-state index contributed by atoms with van der Waals surface area (Å²) in [5.41, 5.74) is 1.26. The normalized spacial score (nSPS) is 21.9. The molecule has 2 N–H and O–H groups in total. The van der Waals surface area contributed by atoms with Crippen LogP contribution in [-0.4, -0.2) is 64.6 Å². The number of hydrogen-bond donors (Lipinski definition) is 2. The van der Waals surface area contributed by atoms with Gasteiger partial charge in [0.15, 0.2) is 0 Å². The highest BCUT2D eigenvalue weighted by Crippen LogP contribution is 2.40. The van der Waals surface area contributed by atoms with Crippen molar-refractivity contribution < 1.29 is 19.8 Å². The maximum absolute atomic E-state index is 12.6. The van der Waals surface area contributed by atoms with E-state index in [1.165, 1.54) is 5.56 Å². The Balaban J connectivity index is 1.85. The SMILES string of the molecule is CC(C)CN(CCCN1CC[C@](C)(c2cccc(O)c2)[C@@H](C)C1)C(=O)CCCC(=O)O. The second kappa shape index (κ2) is 11.5. The minimum atomic E-state index is -0.847. The first-order chi connectivity index (χ1) is 14.6. The van der Waals surface area contributed by atoms with E-state index in [1.54, 1.807) is 6.07 Å². The number of piperidine rings is 1. The molecule has 0 spiro atoms. The average molecular weight is 433 g/mol. The highest BCUT2D eigenvalue weighted by atomic mass is 16.4. The lowest BCUT2D eigenvalue weighted by atomic mass is 9.68. The van der Waals surface area contributed by atoms with Crippen LogP contribution < -0.4 is 0 Å². The van der Waals surface area contributed by atoms with Gasteiger partial charge in [-0.2, -0.15) is 0 Å². The molecule has 0 aliphatic carbocycles. The van der Waals surface area contributed by atoms with Gasteiger partial charge in [0, 0.05) is 32.5 Å². The zero-order valence-electron chi connectivity index (χ0n) is 19.6. The molecule has 1 aromatic carbocycles. The molecule has 0 radical (unpaired) electrons. The first kappa shape index (κ1) is 25.2. The van der Waals surface area contributed by atoms with E-state index in [9.17, 15) is 14.7 Å². The molecule has 2 atom stereocenters. The number of carbonyl (C=O) groups is 2. The Morgan fingerprint density at radius 1 is 1.26 bits per heavy atom. The molecule has 1 fully saturated rings. The van der Waals surface area contributed by atoms with E-state index < -0.39 is 5.97 Å². The first-order valence-electron chi connectivity index (χ1n) is 11.6. The summed E-state index contributed by atoms with van der Waals surface area (Å²) in [4.78, 5) is 27.7. The van der Waals surface area contributed by atoms with Crippen molar-refractivity contribution in [2.75, 3.05) is 32.7 Å². The number of carbonyl (C=O) groups excluding carboxylic acids is 1. The van der Waals surface area contributed by atoms with Crippen LogP contribution in [-0.2, 0) is 15.0 Å². The van der Waals surface area contributed by atoms with E-state index >= 15 is 0 Å². The number of carboxylic acid groups (broad SMARTS) is 1. The van der Waals surface area contributed by atoms with Crippen LogP contribution in [0.5, 0.6) is 5.75 Å². The summed E-state index contributed by atoms with van der Waals surface area (Å²) < 4.78 is 0. The molecule has 1 saturated heterocycles. The molecule has 31 heavy (non-hydrogen) atoms. The molecule has 1 heterocycles. The van der Waals surface area contributed by atoms with Gasteiger partial charge in [-0.05, 0) is 67.3 Å². The average Bonchev–Trinajstić information content (AvgIpc) is 2.69. The number of benzene rings is 1. The van der Waals surface area contributed by atoms with E-state index in [4.69, 9.17) is 5.11 Å². The highest BCUT2D eigenvalue weighted by molar-refractivity contribution is 5.77. The van der Waals surface area contributed by atoms with Crippen molar-refractivity contribution in [3.8, 4) is 5.75 Å². The number of likely N-dealkylation sites (tertiary alicyclic amines) is 1. The predicted molar refractivity (Wildman–Crippen MR) is 123 cm³/mol. The third-order valence-electron chi connectivity index (χ3n) is 6.69. The molecule has 1 aliphatic rings. The smallest absolute Gasteiger partial charge is 0.303 e. The van der Waals surface area contributed by atoms with Gasteiger partial charge in [0.25, 0.3) is 0 Å². The summed E-state index contributed by atoms with van der Waals surface area (Å²) in [7, 11) is 0. The molecule has 0 aromatic heterocycles. The number of aliphatic carboxylic acids is 1. The fourth-order valence-corrected chi connectivity index (χ4v) is 4.60. The summed E-state index contributed by atoms with van der Waals surface area (Å²) in [6, 6.07) is 7.65. The molecular formula is C25H40N2O4. The molecule has 1 aromatic rings. The number of hydrogen-bond acceptors (Lipinski definition) is 4. The molecule has 0 unspecified atom stereocenters. The Morgan fingerprint density at radius 2 is 2.00 bits per heavy atom. The van der Waals surface area contributed by atoms with Crippen molar-refractivity contribution in [1.29, 1.82) is 0 Å². The van der Waals surface area contributed by atoms with E-state index in [-0.39, 0.29) is 17.7 Å². The molecule has 0 bridgehead atoms. The lowest BCUT2D eigenvalue weighted by molar-refractivity contribution is -0.137. The largest absolute Gasteiger partial charge is 0.508 e.